The van der Waals surface area contributed by atoms with E-state index in [0.717, 1.165) is 37.4 Å². The van der Waals surface area contributed by atoms with Gasteiger partial charge >= 0.3 is 0 Å². The fraction of sp³-hybridized carbons (Fsp3) is 0.800. The van der Waals surface area contributed by atoms with E-state index in [1.807, 2.05) is 13.0 Å². The van der Waals surface area contributed by atoms with Crippen LogP contribution < -0.4 is 0 Å². The van der Waals surface area contributed by atoms with Crippen molar-refractivity contribution in [2.45, 2.75) is 33.2 Å². The Morgan fingerprint density at radius 3 is 2.57 bits per heavy atom. The lowest BCUT2D eigenvalue weighted by Crippen LogP contribution is -2.54. The number of aryl methyl sites for hydroxylation is 1. The fourth-order valence-electron chi connectivity index (χ4n) is 3.35. The average molecular weight is 342 g/mol. The number of hydrogen-bond donors (Lipinski definition) is 0. The third-order valence-electron chi connectivity index (χ3n) is 4.66. The van der Waals surface area contributed by atoms with Crippen LogP contribution in [0.4, 0.5) is 0 Å². The molecule has 23 heavy (non-hydrogen) atoms. The van der Waals surface area contributed by atoms with Gasteiger partial charge < -0.3 is 4.52 Å². The molecule has 0 saturated carbocycles. The molecule has 7 nitrogen and oxygen atoms in total. The van der Waals surface area contributed by atoms with Crippen LogP contribution in [0.15, 0.2) is 10.6 Å². The van der Waals surface area contributed by atoms with E-state index in [9.17, 15) is 8.42 Å². The first-order valence-electron chi connectivity index (χ1n) is 8.35. The first-order valence-corrected chi connectivity index (χ1v) is 9.74. The minimum Gasteiger partial charge on any atom is -0.360 e. The van der Waals surface area contributed by atoms with Crippen LogP contribution in [0.1, 0.15) is 31.2 Å². The van der Waals surface area contributed by atoms with Gasteiger partial charge in [0.15, 0.2) is 5.76 Å². The van der Waals surface area contributed by atoms with E-state index >= 15 is 0 Å². The van der Waals surface area contributed by atoms with Gasteiger partial charge in [0.25, 0.3) is 10.2 Å². The Bertz CT molecular complexity index is 622. The summed E-state index contributed by atoms with van der Waals surface area (Å²) in [5.74, 6) is 1.29. The van der Waals surface area contributed by atoms with Crippen LogP contribution in [0.25, 0.3) is 0 Å². The largest absolute Gasteiger partial charge is 0.360 e. The van der Waals surface area contributed by atoms with Gasteiger partial charge in [0.1, 0.15) is 0 Å². The quantitative estimate of drug-likeness (QED) is 0.819. The number of hydrogen-bond acceptors (Lipinski definition) is 5. The van der Waals surface area contributed by atoms with Gasteiger partial charge in [-0.3, -0.25) is 4.90 Å². The monoisotopic (exact) mass is 342 g/mol. The van der Waals surface area contributed by atoms with Crippen LogP contribution in [0, 0.1) is 12.8 Å². The molecular weight excluding hydrogens is 316 g/mol. The van der Waals surface area contributed by atoms with Crippen molar-refractivity contribution in [3.8, 4) is 0 Å². The number of aromatic nitrogens is 1. The van der Waals surface area contributed by atoms with Gasteiger partial charge in [-0.2, -0.15) is 17.0 Å². The highest BCUT2D eigenvalue weighted by Gasteiger charge is 2.34. The van der Waals surface area contributed by atoms with Crippen molar-refractivity contribution in [2.24, 2.45) is 5.92 Å². The summed E-state index contributed by atoms with van der Waals surface area (Å²) in [5.41, 5.74) is 0.875. The second kappa shape index (κ2) is 6.88. The van der Waals surface area contributed by atoms with Crippen molar-refractivity contribution in [3.05, 3.63) is 17.5 Å². The lowest BCUT2D eigenvalue weighted by atomic mass is 10.0. The van der Waals surface area contributed by atoms with Crippen LogP contribution in [-0.4, -0.2) is 66.4 Å². The highest BCUT2D eigenvalue weighted by Crippen LogP contribution is 2.21. The lowest BCUT2D eigenvalue weighted by Gasteiger charge is -2.38. The van der Waals surface area contributed by atoms with Crippen LogP contribution in [0.2, 0.25) is 0 Å². The Kier molecular flexibility index (Phi) is 5.05. The maximum Gasteiger partial charge on any atom is 0.282 e. The highest BCUT2D eigenvalue weighted by atomic mass is 32.2. The molecule has 2 aliphatic rings. The summed E-state index contributed by atoms with van der Waals surface area (Å²) in [6, 6.07) is 1.93. The molecular formula is C15H26N4O3S. The standard InChI is InChI=1S/C15H26N4O3S/c1-13-4-3-5-19(11-13)23(20,21)18-8-6-17(7-9-18)12-15-10-14(2)16-22-15/h10,13H,3-9,11-12H2,1-2H3. The molecule has 0 spiro atoms. The van der Waals surface area contributed by atoms with E-state index < -0.39 is 10.2 Å². The first kappa shape index (κ1) is 16.9. The van der Waals surface area contributed by atoms with Gasteiger partial charge in [-0.05, 0) is 25.7 Å². The minimum atomic E-state index is -3.31. The van der Waals surface area contributed by atoms with Crippen LogP contribution >= 0.6 is 0 Å². The van der Waals surface area contributed by atoms with Crippen LogP contribution in [0.5, 0.6) is 0 Å². The van der Waals surface area contributed by atoms with E-state index in [-0.39, 0.29) is 0 Å². The first-order chi connectivity index (χ1) is 10.9. The molecule has 0 bridgehead atoms. The maximum atomic E-state index is 12.8. The summed E-state index contributed by atoms with van der Waals surface area (Å²) in [7, 11) is -3.31. The Balaban J connectivity index is 1.55. The molecule has 1 atom stereocenters. The molecule has 0 amide bonds. The van der Waals surface area contributed by atoms with Crippen molar-refractivity contribution >= 4 is 10.2 Å². The Morgan fingerprint density at radius 2 is 1.96 bits per heavy atom. The second-order valence-electron chi connectivity index (χ2n) is 6.72. The third kappa shape index (κ3) is 3.93. The summed E-state index contributed by atoms with van der Waals surface area (Å²) < 4.78 is 34.1. The van der Waals surface area contributed by atoms with Crippen LogP contribution in [-0.2, 0) is 16.8 Å². The molecule has 130 valence electrons. The van der Waals surface area contributed by atoms with Gasteiger partial charge in [0.05, 0.1) is 12.2 Å². The molecule has 0 radical (unpaired) electrons. The smallest absolute Gasteiger partial charge is 0.282 e. The summed E-state index contributed by atoms with van der Waals surface area (Å²) in [6.45, 7) is 8.56. The molecule has 3 heterocycles. The van der Waals surface area contributed by atoms with Gasteiger partial charge in [0.2, 0.25) is 0 Å². The lowest BCUT2D eigenvalue weighted by molar-refractivity contribution is 0.157. The van der Waals surface area contributed by atoms with Crippen LogP contribution in [0.3, 0.4) is 0 Å². The summed E-state index contributed by atoms with van der Waals surface area (Å²) in [5, 5.41) is 3.89. The van der Waals surface area contributed by atoms with Crippen molar-refractivity contribution in [1.82, 2.24) is 18.7 Å². The molecule has 0 N–H and O–H groups in total. The molecule has 1 unspecified atom stereocenters. The Hall–Kier alpha value is -0.960. The van der Waals surface area contributed by atoms with E-state index in [1.54, 1.807) is 8.61 Å². The summed E-state index contributed by atoms with van der Waals surface area (Å²) >= 11 is 0. The van der Waals surface area contributed by atoms with Crippen molar-refractivity contribution < 1.29 is 12.9 Å². The zero-order valence-electron chi connectivity index (χ0n) is 13.9. The zero-order chi connectivity index (χ0) is 16.4. The van der Waals surface area contributed by atoms with Gasteiger partial charge in [-0.1, -0.05) is 12.1 Å². The summed E-state index contributed by atoms with van der Waals surface area (Å²) in [4.78, 5) is 2.21. The Labute approximate surface area is 138 Å². The molecule has 0 aromatic carbocycles. The average Bonchev–Trinajstić information content (AvgIpc) is 2.93. The highest BCUT2D eigenvalue weighted by molar-refractivity contribution is 7.86. The predicted octanol–water partition coefficient (Wildman–Crippen LogP) is 1.08. The molecule has 0 aliphatic carbocycles. The van der Waals surface area contributed by atoms with Gasteiger partial charge in [0, 0.05) is 45.3 Å². The van der Waals surface area contributed by atoms with Gasteiger partial charge in [-0.15, -0.1) is 0 Å². The number of nitrogens with zero attached hydrogens (tertiary/aromatic N) is 4. The molecule has 8 heteroatoms. The Morgan fingerprint density at radius 1 is 1.22 bits per heavy atom. The topological polar surface area (TPSA) is 69.9 Å². The molecule has 2 aliphatic heterocycles. The maximum absolute atomic E-state index is 12.8. The van der Waals surface area contributed by atoms with Crippen molar-refractivity contribution in [1.29, 1.82) is 0 Å². The number of rotatable bonds is 4. The van der Waals surface area contributed by atoms with E-state index in [4.69, 9.17) is 4.52 Å². The molecule has 3 rings (SSSR count). The minimum absolute atomic E-state index is 0.453. The number of piperazine rings is 1. The molecule has 2 fully saturated rings. The van der Waals surface area contributed by atoms with E-state index in [2.05, 4.69) is 17.0 Å². The van der Waals surface area contributed by atoms with E-state index in [1.165, 1.54) is 0 Å². The summed E-state index contributed by atoms with van der Waals surface area (Å²) in [6.07, 6.45) is 2.08. The van der Waals surface area contributed by atoms with Crippen molar-refractivity contribution in [3.63, 3.8) is 0 Å². The molecule has 2 saturated heterocycles. The molecule has 1 aromatic heterocycles. The van der Waals surface area contributed by atoms with Gasteiger partial charge in [-0.25, -0.2) is 0 Å². The SMILES string of the molecule is Cc1cc(CN2CCN(S(=O)(=O)N3CCCC(C)C3)CC2)on1. The zero-order valence-corrected chi connectivity index (χ0v) is 14.8. The van der Waals surface area contributed by atoms with Crippen molar-refractivity contribution in [2.75, 3.05) is 39.3 Å². The second-order valence-corrected chi connectivity index (χ2v) is 8.65. The van der Waals surface area contributed by atoms with E-state index in [0.29, 0.717) is 38.6 Å². The normalized spacial score (nSPS) is 25.7. The molecule has 1 aromatic rings. The number of piperidine rings is 1. The third-order valence-corrected chi connectivity index (χ3v) is 6.66. The fourth-order valence-corrected chi connectivity index (χ4v) is 5.10. The predicted molar refractivity (Wildman–Crippen MR) is 87.0 cm³/mol.